The monoisotopic (exact) mass is 300 g/mol. The SMILES string of the molecule is O=C(CNC1(c2ccccc2)CCC1)NC1CCCCCC1. The van der Waals surface area contributed by atoms with Crippen molar-refractivity contribution in [2.45, 2.75) is 69.4 Å². The summed E-state index contributed by atoms with van der Waals surface area (Å²) in [5.41, 5.74) is 1.35. The maximum absolute atomic E-state index is 12.3. The van der Waals surface area contributed by atoms with E-state index in [9.17, 15) is 4.79 Å². The van der Waals surface area contributed by atoms with Crippen LogP contribution in [0.3, 0.4) is 0 Å². The molecule has 120 valence electrons. The molecular formula is C19H28N2O. The van der Waals surface area contributed by atoms with Gasteiger partial charge in [-0.25, -0.2) is 0 Å². The van der Waals surface area contributed by atoms with Gasteiger partial charge >= 0.3 is 0 Å². The highest BCUT2D eigenvalue weighted by Crippen LogP contribution is 2.40. The largest absolute Gasteiger partial charge is 0.352 e. The molecular weight excluding hydrogens is 272 g/mol. The van der Waals surface area contributed by atoms with Gasteiger partial charge in [-0.05, 0) is 37.7 Å². The van der Waals surface area contributed by atoms with E-state index in [2.05, 4.69) is 41.0 Å². The minimum absolute atomic E-state index is 0.0298. The predicted octanol–water partition coefficient (Wildman–Crippen LogP) is 3.49. The first-order valence-corrected chi connectivity index (χ1v) is 8.88. The number of carbonyl (C=O) groups excluding carboxylic acids is 1. The topological polar surface area (TPSA) is 41.1 Å². The Balaban J connectivity index is 1.51. The molecule has 0 spiro atoms. The van der Waals surface area contributed by atoms with Crippen LogP contribution in [-0.4, -0.2) is 18.5 Å². The maximum atomic E-state index is 12.3. The number of amides is 1. The van der Waals surface area contributed by atoms with Crippen LogP contribution in [0.2, 0.25) is 0 Å². The van der Waals surface area contributed by atoms with E-state index < -0.39 is 0 Å². The summed E-state index contributed by atoms with van der Waals surface area (Å²) in [6.07, 6.45) is 11.0. The minimum Gasteiger partial charge on any atom is -0.352 e. The van der Waals surface area contributed by atoms with E-state index in [-0.39, 0.29) is 11.4 Å². The molecule has 2 N–H and O–H groups in total. The molecule has 2 saturated carbocycles. The van der Waals surface area contributed by atoms with Crippen LogP contribution in [-0.2, 0) is 10.3 Å². The van der Waals surface area contributed by atoms with Gasteiger partial charge in [0.25, 0.3) is 0 Å². The van der Waals surface area contributed by atoms with Gasteiger partial charge in [-0.15, -0.1) is 0 Å². The van der Waals surface area contributed by atoms with Gasteiger partial charge in [-0.3, -0.25) is 10.1 Å². The van der Waals surface area contributed by atoms with Crippen molar-refractivity contribution in [3.05, 3.63) is 35.9 Å². The zero-order valence-corrected chi connectivity index (χ0v) is 13.4. The molecule has 0 saturated heterocycles. The van der Waals surface area contributed by atoms with Gasteiger partial charge < -0.3 is 5.32 Å². The fraction of sp³-hybridized carbons (Fsp3) is 0.632. The quantitative estimate of drug-likeness (QED) is 0.817. The summed E-state index contributed by atoms with van der Waals surface area (Å²) in [5.74, 6) is 0.161. The lowest BCUT2D eigenvalue weighted by Crippen LogP contribution is -2.52. The van der Waals surface area contributed by atoms with E-state index in [4.69, 9.17) is 0 Å². The standard InChI is InChI=1S/C19H28N2O/c22-18(21-17-11-6-1-2-7-12-17)15-20-19(13-8-14-19)16-9-4-3-5-10-16/h3-5,9-10,17,20H,1-2,6-8,11-15H2,(H,21,22). The molecule has 1 amide bonds. The van der Waals surface area contributed by atoms with Crippen LogP contribution >= 0.6 is 0 Å². The molecule has 3 rings (SSSR count). The highest BCUT2D eigenvalue weighted by molar-refractivity contribution is 5.78. The zero-order chi connectivity index (χ0) is 15.3. The summed E-state index contributed by atoms with van der Waals surface area (Å²) in [4.78, 5) is 12.3. The highest BCUT2D eigenvalue weighted by atomic mass is 16.2. The zero-order valence-electron chi connectivity index (χ0n) is 13.4. The van der Waals surface area contributed by atoms with Crippen molar-refractivity contribution in [3.8, 4) is 0 Å². The first-order valence-electron chi connectivity index (χ1n) is 8.88. The third kappa shape index (κ3) is 3.70. The van der Waals surface area contributed by atoms with E-state index in [1.807, 2.05) is 0 Å². The van der Waals surface area contributed by atoms with E-state index >= 15 is 0 Å². The number of nitrogens with one attached hydrogen (secondary N) is 2. The van der Waals surface area contributed by atoms with Gasteiger partial charge in [0.05, 0.1) is 6.54 Å². The Morgan fingerprint density at radius 1 is 1.00 bits per heavy atom. The van der Waals surface area contributed by atoms with Gasteiger partial charge in [0.2, 0.25) is 5.91 Å². The highest BCUT2D eigenvalue weighted by Gasteiger charge is 2.38. The minimum atomic E-state index is 0.0298. The van der Waals surface area contributed by atoms with Crippen LogP contribution in [0.15, 0.2) is 30.3 Å². The molecule has 2 aliphatic carbocycles. The Kier molecular flexibility index (Phi) is 5.14. The molecule has 2 fully saturated rings. The van der Waals surface area contributed by atoms with Crippen molar-refractivity contribution in [2.75, 3.05) is 6.54 Å². The Bertz CT molecular complexity index is 473. The van der Waals surface area contributed by atoms with Gasteiger partial charge in [-0.2, -0.15) is 0 Å². The van der Waals surface area contributed by atoms with Crippen molar-refractivity contribution < 1.29 is 4.79 Å². The first kappa shape index (κ1) is 15.5. The Hall–Kier alpha value is -1.35. The fourth-order valence-corrected chi connectivity index (χ4v) is 3.81. The maximum Gasteiger partial charge on any atom is 0.234 e. The molecule has 2 aliphatic rings. The van der Waals surface area contributed by atoms with Gasteiger partial charge in [-0.1, -0.05) is 56.0 Å². The average Bonchev–Trinajstić information content (AvgIpc) is 2.76. The molecule has 1 aromatic carbocycles. The molecule has 0 aromatic heterocycles. The van der Waals surface area contributed by atoms with Crippen LogP contribution in [0.1, 0.15) is 63.4 Å². The smallest absolute Gasteiger partial charge is 0.234 e. The summed E-state index contributed by atoms with van der Waals surface area (Å²) in [6.45, 7) is 0.436. The predicted molar refractivity (Wildman–Crippen MR) is 89.6 cm³/mol. The second-order valence-electron chi connectivity index (χ2n) is 6.91. The molecule has 0 bridgehead atoms. The van der Waals surface area contributed by atoms with E-state index in [0.29, 0.717) is 12.6 Å². The van der Waals surface area contributed by atoms with Gasteiger partial charge in [0.15, 0.2) is 0 Å². The van der Waals surface area contributed by atoms with E-state index in [1.54, 1.807) is 0 Å². The van der Waals surface area contributed by atoms with Gasteiger partial charge in [0, 0.05) is 11.6 Å². The molecule has 3 nitrogen and oxygen atoms in total. The molecule has 3 heteroatoms. The molecule has 1 aromatic rings. The summed E-state index contributed by atoms with van der Waals surface area (Å²) < 4.78 is 0. The summed E-state index contributed by atoms with van der Waals surface area (Å²) >= 11 is 0. The van der Waals surface area contributed by atoms with Crippen molar-refractivity contribution >= 4 is 5.91 Å². The normalized spacial score (nSPS) is 21.6. The van der Waals surface area contributed by atoms with Crippen molar-refractivity contribution in [1.29, 1.82) is 0 Å². The second-order valence-corrected chi connectivity index (χ2v) is 6.91. The van der Waals surface area contributed by atoms with E-state index in [1.165, 1.54) is 37.7 Å². The van der Waals surface area contributed by atoms with Crippen molar-refractivity contribution in [3.63, 3.8) is 0 Å². The third-order valence-corrected chi connectivity index (χ3v) is 5.34. The lowest BCUT2D eigenvalue weighted by Gasteiger charge is -2.43. The molecule has 22 heavy (non-hydrogen) atoms. The van der Waals surface area contributed by atoms with Crippen LogP contribution < -0.4 is 10.6 Å². The van der Waals surface area contributed by atoms with Gasteiger partial charge in [0.1, 0.15) is 0 Å². The Morgan fingerprint density at radius 2 is 1.68 bits per heavy atom. The van der Waals surface area contributed by atoms with Crippen molar-refractivity contribution in [1.82, 2.24) is 10.6 Å². The molecule has 0 aliphatic heterocycles. The number of hydrogen-bond donors (Lipinski definition) is 2. The van der Waals surface area contributed by atoms with E-state index in [0.717, 1.165) is 25.7 Å². The first-order chi connectivity index (χ1) is 10.8. The Morgan fingerprint density at radius 3 is 2.27 bits per heavy atom. The summed E-state index contributed by atoms with van der Waals surface area (Å²) in [7, 11) is 0. The summed E-state index contributed by atoms with van der Waals surface area (Å²) in [6, 6.07) is 11.0. The number of hydrogen-bond acceptors (Lipinski definition) is 2. The van der Waals surface area contributed by atoms with Crippen LogP contribution in [0.4, 0.5) is 0 Å². The number of carbonyl (C=O) groups is 1. The number of rotatable bonds is 5. The molecule has 0 radical (unpaired) electrons. The molecule has 0 atom stereocenters. The fourth-order valence-electron chi connectivity index (χ4n) is 3.81. The lowest BCUT2D eigenvalue weighted by molar-refractivity contribution is -0.121. The lowest BCUT2D eigenvalue weighted by atomic mass is 9.72. The van der Waals surface area contributed by atoms with Crippen LogP contribution in [0, 0.1) is 0 Å². The Labute approximate surface area is 133 Å². The van der Waals surface area contributed by atoms with Crippen LogP contribution in [0.5, 0.6) is 0 Å². The third-order valence-electron chi connectivity index (χ3n) is 5.34. The van der Waals surface area contributed by atoms with Crippen LogP contribution in [0.25, 0.3) is 0 Å². The molecule has 0 unspecified atom stereocenters. The average molecular weight is 300 g/mol. The number of benzene rings is 1. The van der Waals surface area contributed by atoms with Crippen molar-refractivity contribution in [2.24, 2.45) is 0 Å². The summed E-state index contributed by atoms with van der Waals surface area (Å²) in [5, 5.41) is 6.77. The second kappa shape index (κ2) is 7.28. The molecule has 0 heterocycles.